The molecule has 2 nitrogen and oxygen atoms in total. The van der Waals surface area contributed by atoms with Crippen LogP contribution in [0.4, 0.5) is 0 Å². The third kappa shape index (κ3) is 3.92. The van der Waals surface area contributed by atoms with Crippen molar-refractivity contribution >= 4 is 11.8 Å². The largest absolute Gasteiger partial charge is 0.494 e. The Labute approximate surface area is 114 Å². The fourth-order valence-electron chi connectivity index (χ4n) is 2.35. The van der Waals surface area contributed by atoms with Crippen LogP contribution in [0.1, 0.15) is 32.3 Å². The number of rotatable bonds is 5. The molecule has 2 rings (SSSR count). The molecular formula is C15H23NOS. The Hall–Kier alpha value is -0.670. The smallest absolute Gasteiger partial charge is 0.119 e. The first-order chi connectivity index (χ1) is 8.79. The summed E-state index contributed by atoms with van der Waals surface area (Å²) >= 11 is 2.09. The summed E-state index contributed by atoms with van der Waals surface area (Å²) in [5.41, 5.74) is 1.31. The van der Waals surface area contributed by atoms with Gasteiger partial charge in [-0.25, -0.2) is 0 Å². The van der Waals surface area contributed by atoms with Crippen LogP contribution in [-0.2, 0) is 6.54 Å². The summed E-state index contributed by atoms with van der Waals surface area (Å²) in [6, 6.07) is 9.04. The molecule has 2 unspecified atom stereocenters. The zero-order chi connectivity index (χ0) is 12.8. The summed E-state index contributed by atoms with van der Waals surface area (Å²) in [7, 11) is 0. The summed E-state index contributed by atoms with van der Waals surface area (Å²) < 4.78 is 5.53. The van der Waals surface area contributed by atoms with Gasteiger partial charge < -0.3 is 10.1 Å². The van der Waals surface area contributed by atoms with E-state index < -0.39 is 0 Å². The molecule has 0 saturated carbocycles. The maximum atomic E-state index is 5.53. The van der Waals surface area contributed by atoms with Crippen molar-refractivity contribution in [3.8, 4) is 5.75 Å². The standard InChI is InChI=1S/C15H23NOS/c1-3-17-14-7-4-6-13(10-14)11-16-15-8-5-9-18-12(15)2/h4,6-7,10,12,15-16H,3,5,8-9,11H2,1-2H3. The average Bonchev–Trinajstić information content (AvgIpc) is 2.39. The van der Waals surface area contributed by atoms with Crippen molar-refractivity contribution in [2.24, 2.45) is 0 Å². The van der Waals surface area contributed by atoms with E-state index >= 15 is 0 Å². The number of hydrogen-bond acceptors (Lipinski definition) is 3. The van der Waals surface area contributed by atoms with Gasteiger partial charge in [0.2, 0.25) is 0 Å². The van der Waals surface area contributed by atoms with E-state index in [1.165, 1.54) is 24.2 Å². The number of hydrogen-bond donors (Lipinski definition) is 1. The Bertz CT molecular complexity index is 369. The van der Waals surface area contributed by atoms with Crippen molar-refractivity contribution in [3.05, 3.63) is 29.8 Å². The predicted octanol–water partition coefficient (Wildman–Crippen LogP) is 3.46. The van der Waals surface area contributed by atoms with Crippen molar-refractivity contribution in [3.63, 3.8) is 0 Å². The zero-order valence-corrected chi connectivity index (χ0v) is 12.1. The molecule has 1 aromatic rings. The molecule has 100 valence electrons. The SMILES string of the molecule is CCOc1cccc(CNC2CCCSC2C)c1. The zero-order valence-electron chi connectivity index (χ0n) is 11.3. The highest BCUT2D eigenvalue weighted by Gasteiger charge is 2.20. The molecule has 18 heavy (non-hydrogen) atoms. The van der Waals surface area contributed by atoms with Crippen LogP contribution in [0.3, 0.4) is 0 Å². The van der Waals surface area contributed by atoms with Gasteiger partial charge in [0.1, 0.15) is 5.75 Å². The summed E-state index contributed by atoms with van der Waals surface area (Å²) in [4.78, 5) is 0. The molecule has 1 aliphatic heterocycles. The quantitative estimate of drug-likeness (QED) is 0.881. The molecule has 0 amide bonds. The highest BCUT2D eigenvalue weighted by Crippen LogP contribution is 2.25. The number of thioether (sulfide) groups is 1. The molecule has 1 aromatic carbocycles. The normalized spacial score (nSPS) is 23.9. The van der Waals surface area contributed by atoms with Crippen molar-refractivity contribution in [1.29, 1.82) is 0 Å². The number of nitrogens with one attached hydrogen (secondary N) is 1. The molecule has 1 N–H and O–H groups in total. The lowest BCUT2D eigenvalue weighted by molar-refractivity contribution is 0.339. The monoisotopic (exact) mass is 265 g/mol. The lowest BCUT2D eigenvalue weighted by atomic mass is 10.1. The van der Waals surface area contributed by atoms with Crippen LogP contribution in [0.15, 0.2) is 24.3 Å². The fourth-order valence-corrected chi connectivity index (χ4v) is 3.52. The van der Waals surface area contributed by atoms with Crippen molar-refractivity contribution in [2.45, 2.75) is 44.5 Å². The maximum Gasteiger partial charge on any atom is 0.119 e. The molecular weight excluding hydrogens is 242 g/mol. The van der Waals surface area contributed by atoms with Gasteiger partial charge in [0.25, 0.3) is 0 Å². The highest BCUT2D eigenvalue weighted by atomic mass is 32.2. The van der Waals surface area contributed by atoms with Gasteiger partial charge in [-0.1, -0.05) is 19.1 Å². The van der Waals surface area contributed by atoms with Crippen LogP contribution in [-0.4, -0.2) is 23.7 Å². The highest BCUT2D eigenvalue weighted by molar-refractivity contribution is 7.99. The number of benzene rings is 1. The van der Waals surface area contributed by atoms with Gasteiger partial charge in [-0.15, -0.1) is 0 Å². The van der Waals surface area contributed by atoms with E-state index in [4.69, 9.17) is 4.74 Å². The Balaban J connectivity index is 1.87. The predicted molar refractivity (Wildman–Crippen MR) is 79.4 cm³/mol. The van der Waals surface area contributed by atoms with E-state index in [-0.39, 0.29) is 0 Å². The van der Waals surface area contributed by atoms with E-state index in [9.17, 15) is 0 Å². The summed E-state index contributed by atoms with van der Waals surface area (Å²) in [6.45, 7) is 6.02. The lowest BCUT2D eigenvalue weighted by Crippen LogP contribution is -2.38. The molecule has 0 aliphatic carbocycles. The molecule has 0 bridgehead atoms. The van der Waals surface area contributed by atoms with E-state index in [0.717, 1.165) is 24.2 Å². The maximum absolute atomic E-state index is 5.53. The molecule has 0 spiro atoms. The van der Waals surface area contributed by atoms with Crippen LogP contribution < -0.4 is 10.1 Å². The van der Waals surface area contributed by atoms with E-state index in [2.05, 4.69) is 42.2 Å². The van der Waals surface area contributed by atoms with E-state index in [1.807, 2.05) is 13.0 Å². The van der Waals surface area contributed by atoms with E-state index in [0.29, 0.717) is 6.04 Å². The summed E-state index contributed by atoms with van der Waals surface area (Å²) in [5, 5.41) is 4.41. The molecule has 1 saturated heterocycles. The minimum Gasteiger partial charge on any atom is -0.494 e. The van der Waals surface area contributed by atoms with Crippen molar-refractivity contribution in [1.82, 2.24) is 5.32 Å². The minimum absolute atomic E-state index is 0.652. The minimum atomic E-state index is 0.652. The second-order valence-corrected chi connectivity index (χ2v) is 6.27. The topological polar surface area (TPSA) is 21.3 Å². The molecule has 0 aromatic heterocycles. The van der Waals surface area contributed by atoms with E-state index in [1.54, 1.807) is 0 Å². The van der Waals surface area contributed by atoms with Crippen LogP contribution in [0.25, 0.3) is 0 Å². The fraction of sp³-hybridized carbons (Fsp3) is 0.600. The van der Waals surface area contributed by atoms with Gasteiger partial charge in [0, 0.05) is 17.8 Å². The van der Waals surface area contributed by atoms with Gasteiger partial charge in [-0.05, 0) is 43.2 Å². The third-order valence-electron chi connectivity index (χ3n) is 3.38. The Morgan fingerprint density at radius 3 is 3.11 bits per heavy atom. The molecule has 1 fully saturated rings. The Kier molecular flexibility index (Phi) is 5.39. The van der Waals surface area contributed by atoms with Gasteiger partial charge in [-0.2, -0.15) is 11.8 Å². The van der Waals surface area contributed by atoms with Gasteiger partial charge >= 0.3 is 0 Å². The molecule has 1 aliphatic rings. The van der Waals surface area contributed by atoms with Crippen LogP contribution in [0.2, 0.25) is 0 Å². The van der Waals surface area contributed by atoms with Crippen LogP contribution in [0.5, 0.6) is 5.75 Å². The first-order valence-electron chi connectivity index (χ1n) is 6.86. The molecule has 3 heteroatoms. The Morgan fingerprint density at radius 1 is 1.44 bits per heavy atom. The Morgan fingerprint density at radius 2 is 2.33 bits per heavy atom. The van der Waals surface area contributed by atoms with Gasteiger partial charge in [0.15, 0.2) is 0 Å². The van der Waals surface area contributed by atoms with Crippen molar-refractivity contribution in [2.75, 3.05) is 12.4 Å². The van der Waals surface area contributed by atoms with Gasteiger partial charge in [0.05, 0.1) is 6.61 Å². The first-order valence-corrected chi connectivity index (χ1v) is 7.91. The third-order valence-corrected chi connectivity index (χ3v) is 4.76. The summed E-state index contributed by atoms with van der Waals surface area (Å²) in [5.74, 6) is 2.29. The molecule has 0 radical (unpaired) electrons. The average molecular weight is 265 g/mol. The number of ether oxygens (including phenoxy) is 1. The first kappa shape index (κ1) is 13.8. The second kappa shape index (κ2) is 7.05. The van der Waals surface area contributed by atoms with Crippen LogP contribution >= 0.6 is 11.8 Å². The lowest BCUT2D eigenvalue weighted by Gasteiger charge is -2.29. The molecule has 1 heterocycles. The van der Waals surface area contributed by atoms with Crippen LogP contribution in [0, 0.1) is 0 Å². The molecule has 2 atom stereocenters. The van der Waals surface area contributed by atoms with Crippen molar-refractivity contribution < 1.29 is 4.74 Å². The summed E-state index contributed by atoms with van der Waals surface area (Å²) in [6.07, 6.45) is 2.64. The second-order valence-electron chi connectivity index (χ2n) is 4.79. The van der Waals surface area contributed by atoms with Gasteiger partial charge in [-0.3, -0.25) is 0 Å².